The van der Waals surface area contributed by atoms with Gasteiger partial charge in [-0.05, 0) is 63.5 Å². The number of carbonyl (C=O) groups excluding carboxylic acids is 2. The molecule has 1 aliphatic heterocycles. The summed E-state index contributed by atoms with van der Waals surface area (Å²) in [6.45, 7) is 9.18. The summed E-state index contributed by atoms with van der Waals surface area (Å²) in [5.74, 6) is 1.09. The maximum absolute atomic E-state index is 13.3. The number of fused-ring (bicyclic) bond motifs is 3. The van der Waals surface area contributed by atoms with Gasteiger partial charge in [-0.3, -0.25) is 9.59 Å². The Balaban J connectivity index is 1.51. The van der Waals surface area contributed by atoms with Crippen molar-refractivity contribution >= 4 is 22.7 Å². The van der Waals surface area contributed by atoms with E-state index in [0.717, 1.165) is 49.9 Å². The number of para-hydroxylation sites is 1. The number of nitrogens with zero attached hydrogens (tertiary/aromatic N) is 2. The number of nitrogens with one attached hydrogen (secondary N) is 1. The number of aromatic amines is 1. The number of aromatic nitrogens is 1. The Morgan fingerprint density at radius 1 is 1.14 bits per heavy atom. The monoisotopic (exact) mass is 395 g/mol. The second-order valence-corrected chi connectivity index (χ2v) is 8.74. The van der Waals surface area contributed by atoms with Gasteiger partial charge in [0.1, 0.15) is 0 Å². The van der Waals surface area contributed by atoms with Crippen LogP contribution in [0, 0.1) is 11.8 Å². The van der Waals surface area contributed by atoms with Crippen LogP contribution in [0.3, 0.4) is 0 Å². The summed E-state index contributed by atoms with van der Waals surface area (Å²) in [5.41, 5.74) is 4.48. The number of piperidine rings is 1. The van der Waals surface area contributed by atoms with Crippen LogP contribution in [0.5, 0.6) is 0 Å². The van der Waals surface area contributed by atoms with Crippen LogP contribution < -0.4 is 0 Å². The van der Waals surface area contributed by atoms with Gasteiger partial charge in [-0.25, -0.2) is 0 Å². The van der Waals surface area contributed by atoms with E-state index in [0.29, 0.717) is 19.0 Å². The van der Waals surface area contributed by atoms with E-state index in [1.807, 2.05) is 35.8 Å². The van der Waals surface area contributed by atoms with E-state index < -0.39 is 0 Å². The molecule has 1 saturated heterocycles. The lowest BCUT2D eigenvalue weighted by Crippen LogP contribution is -2.44. The minimum Gasteiger partial charge on any atom is -0.358 e. The second kappa shape index (κ2) is 8.21. The number of amides is 2. The molecule has 0 radical (unpaired) electrons. The van der Waals surface area contributed by atoms with Crippen LogP contribution in [0.15, 0.2) is 18.2 Å². The maximum Gasteiger partial charge on any atom is 0.255 e. The highest BCUT2D eigenvalue weighted by molar-refractivity contribution is 6.07. The summed E-state index contributed by atoms with van der Waals surface area (Å²) in [5, 5.41) is 1.21. The lowest BCUT2D eigenvalue weighted by molar-refractivity contribution is -0.136. The molecule has 0 spiro atoms. The zero-order valence-electron chi connectivity index (χ0n) is 18.0. The van der Waals surface area contributed by atoms with Gasteiger partial charge in [-0.2, -0.15) is 0 Å². The predicted octanol–water partition coefficient (Wildman–Crippen LogP) is 4.01. The van der Waals surface area contributed by atoms with Crippen molar-refractivity contribution in [1.82, 2.24) is 14.8 Å². The number of hydrogen-bond acceptors (Lipinski definition) is 2. The Bertz CT molecular complexity index is 904. The van der Waals surface area contributed by atoms with Gasteiger partial charge >= 0.3 is 0 Å². The highest BCUT2D eigenvalue weighted by Gasteiger charge is 2.31. The molecule has 2 aromatic rings. The molecule has 2 heterocycles. The third-order valence-corrected chi connectivity index (χ3v) is 6.91. The first-order valence-corrected chi connectivity index (χ1v) is 11.2. The Morgan fingerprint density at radius 3 is 2.55 bits per heavy atom. The highest BCUT2D eigenvalue weighted by atomic mass is 16.2. The summed E-state index contributed by atoms with van der Waals surface area (Å²) in [6, 6.07) is 6.11. The maximum atomic E-state index is 13.3. The first kappa shape index (κ1) is 20.0. The van der Waals surface area contributed by atoms with E-state index in [2.05, 4.69) is 18.0 Å². The lowest BCUT2D eigenvalue weighted by Gasteiger charge is -2.33. The molecule has 1 aromatic carbocycles. The smallest absolute Gasteiger partial charge is 0.255 e. The quantitative estimate of drug-likeness (QED) is 0.850. The molecule has 5 nitrogen and oxygen atoms in total. The van der Waals surface area contributed by atoms with Gasteiger partial charge in [0.2, 0.25) is 5.91 Å². The molecule has 1 aromatic heterocycles. The summed E-state index contributed by atoms with van der Waals surface area (Å²) in [4.78, 5) is 33.4. The molecule has 0 bridgehead atoms. The Labute approximate surface area is 173 Å². The first-order chi connectivity index (χ1) is 14.0. The topological polar surface area (TPSA) is 56.4 Å². The van der Waals surface area contributed by atoms with Crippen LogP contribution in [0.1, 0.15) is 61.6 Å². The number of rotatable bonds is 4. The Morgan fingerprint density at radius 2 is 1.86 bits per heavy atom. The summed E-state index contributed by atoms with van der Waals surface area (Å²) >= 11 is 0. The SMILES string of the molecule is CCN(CC)C(=O)C1CCN(C(=O)c2cccc3c4c([nH]c23)CCC(C)C4)CC1. The molecule has 1 aliphatic carbocycles. The molecule has 5 heteroatoms. The fraction of sp³-hybridized carbons (Fsp3) is 0.583. The average Bonchev–Trinajstić information content (AvgIpc) is 3.12. The molecule has 156 valence electrons. The van der Waals surface area contributed by atoms with E-state index in [9.17, 15) is 9.59 Å². The van der Waals surface area contributed by atoms with Crippen molar-refractivity contribution in [2.45, 2.75) is 52.9 Å². The van der Waals surface area contributed by atoms with Gasteiger partial charge in [-0.15, -0.1) is 0 Å². The second-order valence-electron chi connectivity index (χ2n) is 8.74. The number of hydrogen-bond donors (Lipinski definition) is 1. The van der Waals surface area contributed by atoms with Crippen LogP contribution >= 0.6 is 0 Å². The van der Waals surface area contributed by atoms with Crippen molar-refractivity contribution in [3.05, 3.63) is 35.0 Å². The molecule has 1 fully saturated rings. The third-order valence-electron chi connectivity index (χ3n) is 6.91. The molecule has 0 saturated carbocycles. The van der Waals surface area contributed by atoms with E-state index in [1.54, 1.807) is 0 Å². The minimum absolute atomic E-state index is 0.0500. The van der Waals surface area contributed by atoms with Crippen LogP contribution in [-0.4, -0.2) is 52.8 Å². The van der Waals surface area contributed by atoms with Gasteiger partial charge in [0.15, 0.2) is 0 Å². The van der Waals surface area contributed by atoms with E-state index >= 15 is 0 Å². The molecule has 1 unspecified atom stereocenters. The molecular weight excluding hydrogens is 362 g/mol. The molecule has 1 N–H and O–H groups in total. The predicted molar refractivity (Wildman–Crippen MR) is 116 cm³/mol. The number of likely N-dealkylation sites (tertiary alicyclic amines) is 1. The third kappa shape index (κ3) is 3.67. The number of aryl methyl sites for hydroxylation is 1. The lowest BCUT2D eigenvalue weighted by atomic mass is 9.87. The molecular formula is C24H33N3O2. The van der Waals surface area contributed by atoms with Crippen molar-refractivity contribution in [1.29, 1.82) is 0 Å². The fourth-order valence-electron chi connectivity index (χ4n) is 5.09. The van der Waals surface area contributed by atoms with Crippen molar-refractivity contribution in [2.75, 3.05) is 26.2 Å². The highest BCUT2D eigenvalue weighted by Crippen LogP contribution is 2.33. The Hall–Kier alpha value is -2.30. The largest absolute Gasteiger partial charge is 0.358 e. The van der Waals surface area contributed by atoms with Gasteiger partial charge in [-0.1, -0.05) is 19.1 Å². The first-order valence-electron chi connectivity index (χ1n) is 11.2. The van der Waals surface area contributed by atoms with Crippen LogP contribution in [0.4, 0.5) is 0 Å². The van der Waals surface area contributed by atoms with Gasteiger partial charge in [0.05, 0.1) is 11.1 Å². The van der Waals surface area contributed by atoms with Gasteiger partial charge < -0.3 is 14.8 Å². The zero-order valence-corrected chi connectivity index (χ0v) is 18.0. The molecule has 1 atom stereocenters. The minimum atomic E-state index is 0.0500. The molecule has 2 aliphatic rings. The van der Waals surface area contributed by atoms with E-state index in [4.69, 9.17) is 0 Å². The normalized spacial score (nSPS) is 20.0. The van der Waals surface area contributed by atoms with Gasteiger partial charge in [0, 0.05) is 43.2 Å². The van der Waals surface area contributed by atoms with Crippen molar-refractivity contribution < 1.29 is 9.59 Å². The number of benzene rings is 1. The average molecular weight is 396 g/mol. The van der Waals surface area contributed by atoms with Crippen molar-refractivity contribution in [3.63, 3.8) is 0 Å². The van der Waals surface area contributed by atoms with E-state index in [-0.39, 0.29) is 17.7 Å². The standard InChI is InChI=1S/C24H33N3O2/c1-4-26(5-2)23(28)17-11-13-27(14-12-17)24(29)19-8-6-7-18-20-15-16(3)9-10-21(20)25-22(18)19/h6-8,16-17,25H,4-5,9-15H2,1-3H3. The molecule has 29 heavy (non-hydrogen) atoms. The Kier molecular flexibility index (Phi) is 5.66. The number of carbonyl (C=O) groups is 2. The molecule has 2 amide bonds. The summed E-state index contributed by atoms with van der Waals surface area (Å²) < 4.78 is 0. The van der Waals surface area contributed by atoms with Gasteiger partial charge in [0.25, 0.3) is 5.91 Å². The van der Waals surface area contributed by atoms with Crippen LogP contribution in [0.2, 0.25) is 0 Å². The van der Waals surface area contributed by atoms with Crippen molar-refractivity contribution in [2.24, 2.45) is 11.8 Å². The number of H-pyrrole nitrogens is 1. The van der Waals surface area contributed by atoms with Crippen molar-refractivity contribution in [3.8, 4) is 0 Å². The summed E-state index contributed by atoms with van der Waals surface area (Å²) in [7, 11) is 0. The van der Waals surface area contributed by atoms with Crippen LogP contribution in [0.25, 0.3) is 10.9 Å². The fourth-order valence-corrected chi connectivity index (χ4v) is 5.09. The zero-order chi connectivity index (χ0) is 20.5. The summed E-state index contributed by atoms with van der Waals surface area (Å²) in [6.07, 6.45) is 4.88. The molecule has 4 rings (SSSR count). The van der Waals surface area contributed by atoms with E-state index in [1.165, 1.54) is 23.1 Å². The van der Waals surface area contributed by atoms with Crippen LogP contribution in [-0.2, 0) is 17.6 Å².